The first-order valence-electron chi connectivity index (χ1n) is 8.57. The van der Waals surface area contributed by atoms with Crippen molar-refractivity contribution in [2.75, 3.05) is 6.54 Å². The second kappa shape index (κ2) is 7.42. The molecule has 2 aromatic rings. The fourth-order valence-corrected chi connectivity index (χ4v) is 3.15. The molecule has 2 amide bonds. The van der Waals surface area contributed by atoms with Gasteiger partial charge in [-0.25, -0.2) is 4.98 Å². The van der Waals surface area contributed by atoms with Gasteiger partial charge < -0.3 is 10.6 Å². The molecule has 0 unspecified atom stereocenters. The molecule has 0 saturated heterocycles. The first-order valence-corrected chi connectivity index (χ1v) is 8.57. The van der Waals surface area contributed by atoms with Crippen molar-refractivity contribution >= 4 is 11.8 Å². The van der Waals surface area contributed by atoms with Crippen molar-refractivity contribution in [2.24, 2.45) is 0 Å². The predicted octanol–water partition coefficient (Wildman–Crippen LogP) is 1.23. The van der Waals surface area contributed by atoms with E-state index < -0.39 is 5.54 Å². The number of amides is 2. The van der Waals surface area contributed by atoms with Gasteiger partial charge in [0.1, 0.15) is 11.9 Å². The van der Waals surface area contributed by atoms with E-state index in [2.05, 4.69) is 25.8 Å². The lowest BCUT2D eigenvalue weighted by Crippen LogP contribution is -2.59. The third-order valence-corrected chi connectivity index (χ3v) is 4.48. The second-order valence-corrected chi connectivity index (χ2v) is 6.20. The molecular formula is C17H22N6O2. The number of aromatic nitrogens is 4. The molecule has 0 aromatic carbocycles. The molecular weight excluding hydrogens is 320 g/mol. The highest BCUT2D eigenvalue weighted by Gasteiger charge is 2.40. The number of nitrogens with zero attached hydrogens (tertiary/aromatic N) is 4. The van der Waals surface area contributed by atoms with Crippen LogP contribution in [0.2, 0.25) is 0 Å². The number of nitrogens with one attached hydrogen (secondary N) is 2. The van der Waals surface area contributed by atoms with Gasteiger partial charge in [-0.3, -0.25) is 14.2 Å². The van der Waals surface area contributed by atoms with E-state index >= 15 is 0 Å². The lowest BCUT2D eigenvalue weighted by atomic mass is 9.80. The number of carbonyl (C=O) groups is 2. The van der Waals surface area contributed by atoms with Gasteiger partial charge in [-0.15, -0.1) is 10.2 Å². The molecule has 0 bridgehead atoms. The summed E-state index contributed by atoms with van der Waals surface area (Å²) in [4.78, 5) is 29.1. The molecule has 132 valence electrons. The van der Waals surface area contributed by atoms with E-state index in [-0.39, 0.29) is 17.5 Å². The zero-order valence-corrected chi connectivity index (χ0v) is 14.2. The molecule has 0 spiro atoms. The van der Waals surface area contributed by atoms with Crippen molar-refractivity contribution in [2.45, 2.75) is 44.6 Å². The Balaban J connectivity index is 1.76. The quantitative estimate of drug-likeness (QED) is 0.851. The fraction of sp³-hybridized carbons (Fsp3) is 0.471. The van der Waals surface area contributed by atoms with E-state index in [4.69, 9.17) is 0 Å². The van der Waals surface area contributed by atoms with E-state index in [1.165, 1.54) is 0 Å². The normalized spacial score (nSPS) is 16.2. The topological polar surface area (TPSA) is 102 Å². The molecule has 1 aliphatic rings. The maximum atomic E-state index is 12.6. The number of carbonyl (C=O) groups excluding carboxylic acids is 2. The summed E-state index contributed by atoms with van der Waals surface area (Å²) in [7, 11) is 0. The molecule has 1 aliphatic carbocycles. The van der Waals surface area contributed by atoms with Gasteiger partial charge in [-0.05, 0) is 31.9 Å². The van der Waals surface area contributed by atoms with Gasteiger partial charge in [0.2, 0.25) is 5.91 Å². The van der Waals surface area contributed by atoms with Crippen LogP contribution in [0.5, 0.6) is 0 Å². The Morgan fingerprint density at radius 3 is 2.60 bits per heavy atom. The van der Waals surface area contributed by atoms with Crippen LogP contribution < -0.4 is 10.6 Å². The summed E-state index contributed by atoms with van der Waals surface area (Å²) in [6, 6.07) is 3.30. The molecule has 2 N–H and O–H groups in total. The van der Waals surface area contributed by atoms with Gasteiger partial charge in [0, 0.05) is 18.9 Å². The van der Waals surface area contributed by atoms with Crippen molar-refractivity contribution in [1.82, 2.24) is 30.4 Å². The maximum Gasteiger partial charge on any atom is 0.272 e. The monoisotopic (exact) mass is 342 g/mol. The summed E-state index contributed by atoms with van der Waals surface area (Å²) >= 11 is 0. The Kier molecular flexibility index (Phi) is 5.06. The number of imidazole rings is 1. The van der Waals surface area contributed by atoms with E-state index in [0.29, 0.717) is 25.2 Å². The number of rotatable bonds is 5. The van der Waals surface area contributed by atoms with Crippen molar-refractivity contribution in [3.63, 3.8) is 0 Å². The summed E-state index contributed by atoms with van der Waals surface area (Å²) < 4.78 is 1.70. The van der Waals surface area contributed by atoms with Gasteiger partial charge >= 0.3 is 0 Å². The van der Waals surface area contributed by atoms with Crippen LogP contribution in [0, 0.1) is 0 Å². The molecule has 2 aromatic heterocycles. The van der Waals surface area contributed by atoms with Gasteiger partial charge in [0.25, 0.3) is 5.91 Å². The summed E-state index contributed by atoms with van der Waals surface area (Å²) in [5.74, 6) is 0.0778. The lowest BCUT2D eigenvalue weighted by molar-refractivity contribution is -0.128. The summed E-state index contributed by atoms with van der Waals surface area (Å²) in [6.45, 7) is 2.41. The Labute approximate surface area is 146 Å². The average molecular weight is 342 g/mol. The Morgan fingerprint density at radius 1 is 1.20 bits per heavy atom. The van der Waals surface area contributed by atoms with Crippen molar-refractivity contribution in [1.29, 1.82) is 0 Å². The summed E-state index contributed by atoms with van der Waals surface area (Å²) in [5.41, 5.74) is -0.658. The van der Waals surface area contributed by atoms with E-state index in [1.807, 2.05) is 6.92 Å². The third-order valence-electron chi connectivity index (χ3n) is 4.48. The van der Waals surface area contributed by atoms with Crippen LogP contribution in [0.3, 0.4) is 0 Å². The second-order valence-electron chi connectivity index (χ2n) is 6.20. The molecule has 0 atom stereocenters. The Hall–Kier alpha value is -2.77. The molecule has 1 fully saturated rings. The SMILES string of the molecule is CCNC(=O)C1(NC(=O)c2ccc(-n3ccnc3)nn2)CCCCC1. The molecule has 1 saturated carbocycles. The fourth-order valence-electron chi connectivity index (χ4n) is 3.15. The van der Waals surface area contributed by atoms with Crippen LogP contribution in [0.25, 0.3) is 5.82 Å². The number of hydrogen-bond acceptors (Lipinski definition) is 5. The molecule has 3 rings (SSSR count). The zero-order chi connectivity index (χ0) is 17.7. The Bertz CT molecular complexity index is 720. The van der Waals surface area contributed by atoms with Crippen molar-refractivity contribution in [3.8, 4) is 5.82 Å². The van der Waals surface area contributed by atoms with E-state index in [0.717, 1.165) is 19.3 Å². The highest BCUT2D eigenvalue weighted by molar-refractivity contribution is 5.98. The van der Waals surface area contributed by atoms with E-state index in [9.17, 15) is 9.59 Å². The molecule has 8 heteroatoms. The van der Waals surface area contributed by atoms with Gasteiger partial charge in [0.15, 0.2) is 11.5 Å². The third kappa shape index (κ3) is 3.67. The lowest BCUT2D eigenvalue weighted by Gasteiger charge is -2.36. The van der Waals surface area contributed by atoms with Gasteiger partial charge in [-0.1, -0.05) is 19.3 Å². The van der Waals surface area contributed by atoms with Crippen LogP contribution in [0.4, 0.5) is 0 Å². The minimum Gasteiger partial charge on any atom is -0.354 e. The zero-order valence-electron chi connectivity index (χ0n) is 14.2. The first kappa shape index (κ1) is 17.1. The number of likely N-dealkylation sites (N-methyl/N-ethyl adjacent to an activating group) is 1. The average Bonchev–Trinajstić information content (AvgIpc) is 3.17. The van der Waals surface area contributed by atoms with Crippen molar-refractivity contribution < 1.29 is 9.59 Å². The van der Waals surface area contributed by atoms with Crippen LogP contribution in [0.15, 0.2) is 30.9 Å². The van der Waals surface area contributed by atoms with Crippen LogP contribution in [-0.2, 0) is 4.79 Å². The highest BCUT2D eigenvalue weighted by Crippen LogP contribution is 2.28. The minimum atomic E-state index is -0.851. The van der Waals surface area contributed by atoms with Gasteiger partial charge in [0.05, 0.1) is 0 Å². The van der Waals surface area contributed by atoms with Crippen molar-refractivity contribution in [3.05, 3.63) is 36.5 Å². The standard InChI is InChI=1S/C17H22N6O2/c1-2-19-16(25)17(8-4-3-5-9-17)20-15(24)13-6-7-14(22-21-13)23-11-10-18-12-23/h6-7,10-12H,2-5,8-9H2,1H3,(H,19,25)(H,20,24). The highest BCUT2D eigenvalue weighted by atomic mass is 16.2. The smallest absolute Gasteiger partial charge is 0.272 e. The molecule has 2 heterocycles. The van der Waals surface area contributed by atoms with Crippen LogP contribution >= 0.6 is 0 Å². The predicted molar refractivity (Wildman–Crippen MR) is 91.1 cm³/mol. The Morgan fingerprint density at radius 2 is 2.00 bits per heavy atom. The van der Waals surface area contributed by atoms with Gasteiger partial charge in [-0.2, -0.15) is 0 Å². The molecule has 0 radical (unpaired) electrons. The number of hydrogen-bond donors (Lipinski definition) is 2. The minimum absolute atomic E-state index is 0.119. The van der Waals surface area contributed by atoms with Crippen LogP contribution in [-0.4, -0.2) is 43.6 Å². The molecule has 8 nitrogen and oxygen atoms in total. The maximum absolute atomic E-state index is 12.6. The van der Waals surface area contributed by atoms with E-state index in [1.54, 1.807) is 35.4 Å². The largest absolute Gasteiger partial charge is 0.354 e. The first-order chi connectivity index (χ1) is 12.1. The molecule has 25 heavy (non-hydrogen) atoms. The summed E-state index contributed by atoms with van der Waals surface area (Å²) in [6.07, 6.45) is 9.20. The molecule has 0 aliphatic heterocycles. The van der Waals surface area contributed by atoms with Crippen LogP contribution in [0.1, 0.15) is 49.5 Å². The summed E-state index contributed by atoms with van der Waals surface area (Å²) in [5, 5.41) is 13.8.